The van der Waals surface area contributed by atoms with Crippen molar-refractivity contribution in [3.8, 4) is 11.5 Å². The smallest absolute Gasteiger partial charge is 0.180 e. The van der Waals surface area contributed by atoms with Gasteiger partial charge in [-0.05, 0) is 62.6 Å². The number of rotatable bonds is 12. The van der Waals surface area contributed by atoms with Crippen LogP contribution in [-0.2, 0) is 13.2 Å². The molecule has 2 aromatic rings. The Balaban J connectivity index is 2.02. The van der Waals surface area contributed by atoms with E-state index < -0.39 is 0 Å². The first-order valence-corrected chi connectivity index (χ1v) is 10.5. The van der Waals surface area contributed by atoms with Crippen LogP contribution in [0.2, 0.25) is 15.1 Å². The Morgan fingerprint density at radius 1 is 0.964 bits per heavy atom. The van der Waals surface area contributed by atoms with Gasteiger partial charge in [0.2, 0.25) is 0 Å². The van der Waals surface area contributed by atoms with Crippen molar-refractivity contribution in [3.05, 3.63) is 56.5 Å². The Kier molecular flexibility index (Phi) is 10.2. The molecule has 0 atom stereocenters. The normalized spacial score (nSPS) is 10.9. The molecule has 0 radical (unpaired) electrons. The molecule has 0 saturated heterocycles. The second-order valence-electron chi connectivity index (χ2n) is 6.32. The van der Waals surface area contributed by atoms with Gasteiger partial charge in [-0.15, -0.1) is 0 Å². The van der Waals surface area contributed by atoms with Gasteiger partial charge in [0.1, 0.15) is 6.61 Å². The Labute approximate surface area is 181 Å². The Morgan fingerprint density at radius 3 is 2.50 bits per heavy atom. The van der Waals surface area contributed by atoms with Crippen LogP contribution in [0.4, 0.5) is 0 Å². The molecule has 0 saturated carbocycles. The topological polar surface area (TPSA) is 50.7 Å². The number of hydrogen-bond acceptors (Lipinski definition) is 4. The van der Waals surface area contributed by atoms with Gasteiger partial charge in [0.25, 0.3) is 0 Å². The summed E-state index contributed by atoms with van der Waals surface area (Å²) in [7, 11) is 0. The van der Waals surface area contributed by atoms with Crippen molar-refractivity contribution in [2.45, 2.75) is 39.3 Å². The number of aliphatic hydroxyl groups excluding tert-OH is 1. The zero-order valence-corrected chi connectivity index (χ0v) is 18.2. The van der Waals surface area contributed by atoms with Gasteiger partial charge in [0, 0.05) is 28.8 Å². The Bertz CT molecular complexity index is 756. The summed E-state index contributed by atoms with van der Waals surface area (Å²) < 4.78 is 11.7. The fourth-order valence-electron chi connectivity index (χ4n) is 2.69. The summed E-state index contributed by atoms with van der Waals surface area (Å²) in [4.78, 5) is 0. The zero-order chi connectivity index (χ0) is 20.4. The minimum atomic E-state index is 0.246. The molecule has 0 aromatic heterocycles. The predicted octanol–water partition coefficient (Wildman–Crippen LogP) is 5.88. The van der Waals surface area contributed by atoms with Crippen LogP contribution in [0.1, 0.15) is 37.3 Å². The summed E-state index contributed by atoms with van der Waals surface area (Å²) >= 11 is 18.6. The maximum absolute atomic E-state index is 8.81. The molecule has 0 bridgehead atoms. The van der Waals surface area contributed by atoms with Gasteiger partial charge in [0.05, 0.1) is 11.6 Å². The van der Waals surface area contributed by atoms with Crippen LogP contribution in [0.25, 0.3) is 0 Å². The highest BCUT2D eigenvalue weighted by Gasteiger charge is 2.14. The summed E-state index contributed by atoms with van der Waals surface area (Å²) in [5.74, 6) is 1.11. The number of unbranched alkanes of at least 4 members (excludes halogenated alkanes) is 2. The number of hydrogen-bond donors (Lipinski definition) is 2. The van der Waals surface area contributed by atoms with Gasteiger partial charge in [-0.25, -0.2) is 0 Å². The van der Waals surface area contributed by atoms with Crippen LogP contribution in [-0.4, -0.2) is 24.9 Å². The number of halogens is 3. The van der Waals surface area contributed by atoms with Crippen LogP contribution < -0.4 is 14.8 Å². The molecule has 2 rings (SSSR count). The van der Waals surface area contributed by atoms with Gasteiger partial charge in [-0.1, -0.05) is 40.9 Å². The first kappa shape index (κ1) is 23.1. The molecule has 2 aromatic carbocycles. The van der Waals surface area contributed by atoms with Crippen LogP contribution >= 0.6 is 34.8 Å². The van der Waals surface area contributed by atoms with Crippen molar-refractivity contribution in [3.63, 3.8) is 0 Å². The van der Waals surface area contributed by atoms with Crippen LogP contribution in [0.3, 0.4) is 0 Å². The maximum Gasteiger partial charge on any atom is 0.180 e. The third kappa shape index (κ3) is 7.34. The lowest BCUT2D eigenvalue weighted by Gasteiger charge is -2.16. The lowest BCUT2D eigenvalue weighted by molar-refractivity contribution is 0.269. The van der Waals surface area contributed by atoms with E-state index in [9.17, 15) is 0 Å². The van der Waals surface area contributed by atoms with Gasteiger partial charge < -0.3 is 19.9 Å². The quantitative estimate of drug-likeness (QED) is 0.400. The molecule has 0 aliphatic carbocycles. The molecule has 0 fully saturated rings. The summed E-state index contributed by atoms with van der Waals surface area (Å²) in [6.45, 7) is 4.50. The SMILES string of the molecule is CCOc1cc(CNCCCCCO)cc(Cl)c1OCc1ccc(Cl)cc1Cl. The van der Waals surface area contributed by atoms with Crippen LogP contribution in [0, 0.1) is 0 Å². The van der Waals surface area contributed by atoms with Gasteiger partial charge in [0.15, 0.2) is 11.5 Å². The predicted molar refractivity (Wildman–Crippen MR) is 116 cm³/mol. The summed E-state index contributed by atoms with van der Waals surface area (Å²) in [5.41, 5.74) is 1.84. The highest BCUT2D eigenvalue weighted by atomic mass is 35.5. The molecule has 0 aliphatic heterocycles. The molecular weight excluding hydrogens is 421 g/mol. The van der Waals surface area contributed by atoms with E-state index in [0.29, 0.717) is 39.7 Å². The lowest BCUT2D eigenvalue weighted by atomic mass is 10.2. The second kappa shape index (κ2) is 12.4. The lowest BCUT2D eigenvalue weighted by Crippen LogP contribution is -2.15. The fraction of sp³-hybridized carbons (Fsp3) is 0.429. The first-order valence-electron chi connectivity index (χ1n) is 9.38. The number of benzene rings is 2. The average molecular weight is 447 g/mol. The third-order valence-electron chi connectivity index (χ3n) is 4.10. The average Bonchev–Trinajstić information content (AvgIpc) is 2.65. The Hall–Kier alpha value is -1.17. The van der Waals surface area contributed by atoms with E-state index >= 15 is 0 Å². The molecule has 0 spiro atoms. The minimum Gasteiger partial charge on any atom is -0.490 e. The molecule has 154 valence electrons. The van der Waals surface area contributed by atoms with Crippen molar-refractivity contribution in [1.82, 2.24) is 5.32 Å². The van der Waals surface area contributed by atoms with E-state index in [1.54, 1.807) is 12.1 Å². The molecule has 0 heterocycles. The van der Waals surface area contributed by atoms with Crippen molar-refractivity contribution < 1.29 is 14.6 Å². The van der Waals surface area contributed by atoms with Crippen molar-refractivity contribution in [2.24, 2.45) is 0 Å². The molecule has 0 amide bonds. The molecule has 0 aliphatic rings. The molecule has 28 heavy (non-hydrogen) atoms. The van der Waals surface area contributed by atoms with Crippen molar-refractivity contribution in [1.29, 1.82) is 0 Å². The molecule has 2 N–H and O–H groups in total. The highest BCUT2D eigenvalue weighted by Crippen LogP contribution is 2.37. The zero-order valence-electron chi connectivity index (χ0n) is 15.9. The van der Waals surface area contributed by atoms with Crippen LogP contribution in [0.15, 0.2) is 30.3 Å². The largest absolute Gasteiger partial charge is 0.490 e. The van der Waals surface area contributed by atoms with E-state index in [-0.39, 0.29) is 13.2 Å². The third-order valence-corrected chi connectivity index (χ3v) is 4.96. The van der Waals surface area contributed by atoms with Crippen LogP contribution in [0.5, 0.6) is 11.5 Å². The van der Waals surface area contributed by atoms with E-state index in [0.717, 1.165) is 36.9 Å². The molecule has 0 unspecified atom stereocenters. The number of aliphatic hydroxyl groups is 1. The molecule has 7 heteroatoms. The molecule has 4 nitrogen and oxygen atoms in total. The Morgan fingerprint density at radius 2 is 1.79 bits per heavy atom. The number of ether oxygens (including phenoxy) is 2. The van der Waals surface area contributed by atoms with Crippen molar-refractivity contribution >= 4 is 34.8 Å². The van der Waals surface area contributed by atoms with E-state index in [2.05, 4.69) is 5.32 Å². The van der Waals surface area contributed by atoms with E-state index in [1.807, 2.05) is 25.1 Å². The monoisotopic (exact) mass is 445 g/mol. The summed E-state index contributed by atoms with van der Waals surface area (Å²) in [6.07, 6.45) is 2.87. The summed E-state index contributed by atoms with van der Waals surface area (Å²) in [5, 5.41) is 13.8. The van der Waals surface area contributed by atoms with Crippen molar-refractivity contribution in [2.75, 3.05) is 19.8 Å². The van der Waals surface area contributed by atoms with E-state index in [4.69, 9.17) is 49.4 Å². The van der Waals surface area contributed by atoms with Gasteiger partial charge >= 0.3 is 0 Å². The highest BCUT2D eigenvalue weighted by molar-refractivity contribution is 6.35. The fourth-order valence-corrected chi connectivity index (χ4v) is 3.44. The van der Waals surface area contributed by atoms with Gasteiger partial charge in [-0.3, -0.25) is 0 Å². The first-order chi connectivity index (χ1) is 13.5. The minimum absolute atomic E-state index is 0.246. The van der Waals surface area contributed by atoms with E-state index in [1.165, 1.54) is 0 Å². The number of nitrogens with one attached hydrogen (secondary N) is 1. The standard InChI is InChI=1S/C21H26Cl3NO3/c1-2-27-20-11-15(13-25-8-4-3-5-9-26)10-19(24)21(20)28-14-16-6-7-17(22)12-18(16)23/h6-7,10-12,25-26H,2-5,8-9,13-14H2,1H3. The maximum atomic E-state index is 8.81. The molecular formula is C21H26Cl3NO3. The van der Waals surface area contributed by atoms with Gasteiger partial charge in [-0.2, -0.15) is 0 Å². The second-order valence-corrected chi connectivity index (χ2v) is 7.57. The summed E-state index contributed by atoms with van der Waals surface area (Å²) in [6, 6.07) is 9.10.